The van der Waals surface area contributed by atoms with E-state index < -0.39 is 17.7 Å². The molecule has 202 valence electrons. The zero-order valence-corrected chi connectivity index (χ0v) is 22.6. The number of ketones is 1. The van der Waals surface area contributed by atoms with Crippen LogP contribution in [-0.4, -0.2) is 55.2 Å². The third kappa shape index (κ3) is 4.56. The third-order valence-electron chi connectivity index (χ3n) is 7.50. The van der Waals surface area contributed by atoms with Crippen LogP contribution in [0.3, 0.4) is 0 Å². The molecule has 0 bridgehead atoms. The van der Waals surface area contributed by atoms with E-state index in [1.165, 1.54) is 11.0 Å². The normalized spacial score (nSPS) is 18.2. The summed E-state index contributed by atoms with van der Waals surface area (Å²) < 4.78 is 5.73. The van der Waals surface area contributed by atoms with Crippen molar-refractivity contribution in [2.75, 3.05) is 48.0 Å². The lowest BCUT2D eigenvalue weighted by Crippen LogP contribution is -2.29. The Labute approximate surface area is 228 Å². The van der Waals surface area contributed by atoms with Crippen molar-refractivity contribution in [2.24, 2.45) is 0 Å². The van der Waals surface area contributed by atoms with Crippen LogP contribution in [-0.2, 0) is 9.59 Å². The number of aliphatic hydroxyl groups is 1. The highest BCUT2D eigenvalue weighted by molar-refractivity contribution is 6.52. The minimum atomic E-state index is -0.937. The molecule has 0 saturated carbocycles. The van der Waals surface area contributed by atoms with Gasteiger partial charge in [-0.05, 0) is 74.4 Å². The highest BCUT2D eigenvalue weighted by atomic mass is 16.5. The fourth-order valence-corrected chi connectivity index (χ4v) is 5.33. The minimum Gasteiger partial charge on any atom is -0.507 e. The van der Waals surface area contributed by atoms with Gasteiger partial charge in [0.1, 0.15) is 23.9 Å². The lowest BCUT2D eigenvalue weighted by atomic mass is 9.94. The number of aliphatic hydroxyl groups excluding tert-OH is 1. The maximum absolute atomic E-state index is 13.6. The molecular formula is C31H33N3O5. The summed E-state index contributed by atoms with van der Waals surface area (Å²) >= 11 is 0. The first kappa shape index (κ1) is 26.2. The van der Waals surface area contributed by atoms with Crippen LogP contribution in [0.2, 0.25) is 0 Å². The van der Waals surface area contributed by atoms with E-state index in [9.17, 15) is 19.8 Å². The third-order valence-corrected chi connectivity index (χ3v) is 7.50. The number of rotatable bonds is 6. The fraction of sp³-hybridized carbons (Fsp3) is 0.290. The van der Waals surface area contributed by atoms with E-state index in [1.54, 1.807) is 30.3 Å². The van der Waals surface area contributed by atoms with Gasteiger partial charge in [-0.3, -0.25) is 14.5 Å². The van der Waals surface area contributed by atoms with Gasteiger partial charge in [0.05, 0.1) is 29.5 Å². The Morgan fingerprint density at radius 3 is 2.41 bits per heavy atom. The van der Waals surface area contributed by atoms with Crippen LogP contribution in [0, 0.1) is 6.92 Å². The molecule has 0 radical (unpaired) electrons. The summed E-state index contributed by atoms with van der Waals surface area (Å²) in [5, 5.41) is 22.3. The van der Waals surface area contributed by atoms with E-state index in [-0.39, 0.29) is 22.8 Å². The minimum absolute atomic E-state index is 0.0316. The molecule has 5 rings (SSSR count). The topological polar surface area (TPSA) is 93.5 Å². The molecule has 39 heavy (non-hydrogen) atoms. The van der Waals surface area contributed by atoms with Crippen LogP contribution in [0.5, 0.6) is 11.5 Å². The Morgan fingerprint density at radius 1 is 1.00 bits per heavy atom. The average molecular weight is 528 g/mol. The quantitative estimate of drug-likeness (QED) is 0.265. The Hall–Kier alpha value is -4.46. The molecule has 1 amide bonds. The van der Waals surface area contributed by atoms with E-state index in [2.05, 4.69) is 18.7 Å². The predicted molar refractivity (Wildman–Crippen MR) is 153 cm³/mol. The molecule has 2 N–H and O–H groups in total. The molecule has 8 nitrogen and oxygen atoms in total. The van der Waals surface area contributed by atoms with Crippen LogP contribution >= 0.6 is 0 Å². The van der Waals surface area contributed by atoms with Gasteiger partial charge in [-0.1, -0.05) is 18.2 Å². The first-order valence-electron chi connectivity index (χ1n) is 13.2. The number of carbonyl (C=O) groups excluding carboxylic acids is 2. The second kappa shape index (κ2) is 10.4. The van der Waals surface area contributed by atoms with Gasteiger partial charge in [0, 0.05) is 31.4 Å². The first-order valence-corrected chi connectivity index (χ1v) is 13.2. The van der Waals surface area contributed by atoms with Crippen LogP contribution < -0.4 is 19.4 Å². The van der Waals surface area contributed by atoms with Gasteiger partial charge < -0.3 is 24.7 Å². The van der Waals surface area contributed by atoms with Gasteiger partial charge >= 0.3 is 0 Å². The van der Waals surface area contributed by atoms with Crippen molar-refractivity contribution in [3.8, 4) is 11.5 Å². The van der Waals surface area contributed by atoms with Gasteiger partial charge in [0.25, 0.3) is 11.7 Å². The monoisotopic (exact) mass is 527 g/mol. The zero-order chi connectivity index (χ0) is 27.8. The number of phenolic OH excluding ortho intramolecular Hbond substituents is 1. The number of aromatic hydroxyl groups is 1. The number of benzene rings is 3. The Morgan fingerprint density at radius 2 is 1.72 bits per heavy atom. The van der Waals surface area contributed by atoms with Crippen LogP contribution in [0.25, 0.3) is 5.76 Å². The average Bonchev–Trinajstić information content (AvgIpc) is 3.20. The van der Waals surface area contributed by atoms with Gasteiger partial charge in [-0.15, -0.1) is 0 Å². The van der Waals surface area contributed by atoms with Crippen molar-refractivity contribution < 1.29 is 24.5 Å². The van der Waals surface area contributed by atoms with E-state index in [0.717, 1.165) is 30.0 Å². The molecule has 2 aliphatic rings. The Kier molecular flexibility index (Phi) is 6.95. The lowest BCUT2D eigenvalue weighted by molar-refractivity contribution is -0.132. The maximum atomic E-state index is 13.6. The summed E-state index contributed by atoms with van der Waals surface area (Å²) in [4.78, 5) is 32.6. The number of phenols is 1. The predicted octanol–water partition coefficient (Wildman–Crippen LogP) is 5.00. The number of likely N-dealkylation sites (N-methyl/N-ethyl adjacent to an activating group) is 1. The second-order valence-electron chi connectivity index (χ2n) is 9.88. The number of hydrogen-bond donors (Lipinski definition) is 2. The first-order chi connectivity index (χ1) is 18.7. The highest BCUT2D eigenvalue weighted by Gasteiger charge is 2.47. The number of Topliss-reactive ketones (excluding diaryl/α,β-unsaturated/α-hetero) is 1. The molecule has 0 spiro atoms. The highest BCUT2D eigenvalue weighted by Crippen LogP contribution is 2.46. The number of fused-ring (bicyclic) bond motifs is 1. The number of ether oxygens (including phenoxy) is 1. The van der Waals surface area contributed by atoms with Gasteiger partial charge in [-0.25, -0.2) is 0 Å². The Balaban J connectivity index is 1.69. The number of hydrogen-bond acceptors (Lipinski definition) is 7. The van der Waals surface area contributed by atoms with Crippen LogP contribution in [0.4, 0.5) is 17.1 Å². The summed E-state index contributed by atoms with van der Waals surface area (Å²) in [6, 6.07) is 16.8. The summed E-state index contributed by atoms with van der Waals surface area (Å²) in [5.74, 6) is -1.33. The molecule has 1 unspecified atom stereocenters. The summed E-state index contributed by atoms with van der Waals surface area (Å²) in [6.45, 7) is 8.92. The molecule has 3 aromatic carbocycles. The molecule has 1 saturated heterocycles. The van der Waals surface area contributed by atoms with Crippen molar-refractivity contribution in [2.45, 2.75) is 26.8 Å². The van der Waals surface area contributed by atoms with Gasteiger partial charge in [0.2, 0.25) is 0 Å². The van der Waals surface area contributed by atoms with Gasteiger partial charge in [-0.2, -0.15) is 0 Å². The van der Waals surface area contributed by atoms with Crippen LogP contribution in [0.1, 0.15) is 36.6 Å². The molecule has 0 aromatic heterocycles. The SMILES string of the molecule is CCN(CC)c1ccc(C2/C(=C(/O)c3ccc4c(c3)N(C)CCO4)C(=O)C(=O)N2c2cc(C)ccc2O)cc1. The summed E-state index contributed by atoms with van der Waals surface area (Å²) in [6.07, 6.45) is 0. The van der Waals surface area contributed by atoms with Gasteiger partial charge in [0.15, 0.2) is 0 Å². The molecule has 8 heteroatoms. The number of anilines is 3. The summed E-state index contributed by atoms with van der Waals surface area (Å²) in [5.41, 5.74) is 3.85. The largest absolute Gasteiger partial charge is 0.507 e. The van der Waals surface area contributed by atoms with Crippen LogP contribution in [0.15, 0.2) is 66.2 Å². The Bertz CT molecular complexity index is 1460. The maximum Gasteiger partial charge on any atom is 0.300 e. The molecule has 1 fully saturated rings. The lowest BCUT2D eigenvalue weighted by Gasteiger charge is -2.28. The van der Waals surface area contributed by atoms with Crippen molar-refractivity contribution in [1.29, 1.82) is 0 Å². The van der Waals surface area contributed by atoms with E-state index >= 15 is 0 Å². The fourth-order valence-electron chi connectivity index (χ4n) is 5.33. The number of amides is 1. The van der Waals surface area contributed by atoms with Crippen molar-refractivity contribution >= 4 is 34.5 Å². The standard InChI is InChI=1S/C31H33N3O5/c1-5-33(6-2)22-11-8-20(9-12-22)28-27(29(36)21-10-14-26-24(18-21)32(4)15-16-39-26)30(37)31(38)34(28)23-17-19(3)7-13-25(23)35/h7-14,17-18,28,35-36H,5-6,15-16H2,1-4H3/b29-27-. The smallest absolute Gasteiger partial charge is 0.300 e. The number of carbonyl (C=O) groups is 2. The van der Waals surface area contributed by atoms with E-state index in [1.807, 2.05) is 43.1 Å². The molecule has 2 aliphatic heterocycles. The number of aryl methyl sites for hydroxylation is 1. The molecule has 0 aliphatic carbocycles. The molecule has 3 aromatic rings. The zero-order valence-electron chi connectivity index (χ0n) is 22.6. The number of nitrogens with zero attached hydrogens (tertiary/aromatic N) is 3. The molecule has 2 heterocycles. The van der Waals surface area contributed by atoms with Crippen molar-refractivity contribution in [3.63, 3.8) is 0 Å². The van der Waals surface area contributed by atoms with Crippen molar-refractivity contribution in [1.82, 2.24) is 0 Å². The second-order valence-corrected chi connectivity index (χ2v) is 9.88. The molecule has 1 atom stereocenters. The van der Waals surface area contributed by atoms with E-state index in [4.69, 9.17) is 4.74 Å². The van der Waals surface area contributed by atoms with Crippen molar-refractivity contribution in [3.05, 3.63) is 82.9 Å². The van der Waals surface area contributed by atoms with E-state index in [0.29, 0.717) is 30.0 Å². The molecular weight excluding hydrogens is 494 g/mol. The summed E-state index contributed by atoms with van der Waals surface area (Å²) in [7, 11) is 1.93.